The number of nitrogens with zero attached hydrogens (tertiary/aromatic N) is 4. The molecule has 2 heterocycles. The maximum Gasteiger partial charge on any atom is 0.238 e. The molecule has 1 saturated heterocycles. The highest BCUT2D eigenvalue weighted by Gasteiger charge is 2.43. The quantitative estimate of drug-likeness (QED) is 0.826. The molecule has 1 aliphatic heterocycles. The van der Waals surface area contributed by atoms with Crippen LogP contribution in [0.4, 0.5) is 0 Å². The van der Waals surface area contributed by atoms with Gasteiger partial charge in [0.25, 0.3) is 0 Å². The Morgan fingerprint density at radius 1 is 1.21 bits per heavy atom. The van der Waals surface area contributed by atoms with Crippen LogP contribution in [0.15, 0.2) is 36.7 Å². The van der Waals surface area contributed by atoms with Crippen molar-refractivity contribution in [3.8, 4) is 23.4 Å². The lowest BCUT2D eigenvalue weighted by atomic mass is 9.98. The largest absolute Gasteiger partial charge is 0.339 e. The van der Waals surface area contributed by atoms with Gasteiger partial charge in [-0.1, -0.05) is 24.3 Å². The van der Waals surface area contributed by atoms with E-state index in [0.29, 0.717) is 24.1 Å². The molecule has 2 fully saturated rings. The Balaban J connectivity index is 1.37. The molecule has 2 N–H and O–H groups in total. The normalized spacial score (nSPS) is 23.6. The molecule has 4 atom stereocenters. The highest BCUT2D eigenvalue weighted by Crippen LogP contribution is 2.35. The van der Waals surface area contributed by atoms with Crippen LogP contribution < -0.4 is 10.6 Å². The van der Waals surface area contributed by atoms with Crippen LogP contribution in [-0.2, 0) is 11.2 Å². The van der Waals surface area contributed by atoms with Crippen molar-refractivity contribution >= 4 is 5.91 Å². The number of nitrogens with one attached hydrogen (secondary N) is 2. The zero-order chi connectivity index (χ0) is 19.5. The Kier molecular flexibility index (Phi) is 5.01. The summed E-state index contributed by atoms with van der Waals surface area (Å²) < 4.78 is 0. The van der Waals surface area contributed by atoms with Gasteiger partial charge in [0.15, 0.2) is 5.69 Å². The lowest BCUT2D eigenvalue weighted by Crippen LogP contribution is -2.50. The Hall–Kier alpha value is -3.29. The summed E-state index contributed by atoms with van der Waals surface area (Å²) in [5.74, 6) is 0.334. The number of benzene rings is 1. The smallest absolute Gasteiger partial charge is 0.238 e. The van der Waals surface area contributed by atoms with Gasteiger partial charge in [-0.15, -0.1) is 0 Å². The molecule has 2 aliphatic rings. The van der Waals surface area contributed by atoms with E-state index < -0.39 is 6.04 Å². The second kappa shape index (κ2) is 7.75. The number of carbonyl (C=O) groups excluding carboxylic acids is 1. The monoisotopic (exact) mass is 372 g/mol. The van der Waals surface area contributed by atoms with E-state index in [1.807, 2.05) is 30.3 Å². The van der Waals surface area contributed by atoms with Gasteiger partial charge in [0, 0.05) is 18.0 Å². The summed E-state index contributed by atoms with van der Waals surface area (Å²) in [6.45, 7) is 0. The Morgan fingerprint density at radius 3 is 2.61 bits per heavy atom. The first kappa shape index (κ1) is 18.1. The van der Waals surface area contributed by atoms with Gasteiger partial charge in [0.1, 0.15) is 12.1 Å². The van der Waals surface area contributed by atoms with Gasteiger partial charge >= 0.3 is 0 Å². The summed E-state index contributed by atoms with van der Waals surface area (Å²) in [6.07, 6.45) is 6.75. The third-order valence-electron chi connectivity index (χ3n) is 5.57. The average Bonchev–Trinajstić information content (AvgIpc) is 3.37. The van der Waals surface area contributed by atoms with E-state index >= 15 is 0 Å². The number of hydrogen-bond acceptors (Lipinski definition) is 6. The molecule has 4 unspecified atom stereocenters. The predicted molar refractivity (Wildman–Crippen MR) is 101 cm³/mol. The molecule has 1 aromatic carbocycles. The zero-order valence-corrected chi connectivity index (χ0v) is 15.3. The molecule has 1 amide bonds. The Morgan fingerprint density at radius 2 is 2.04 bits per heavy atom. The van der Waals surface area contributed by atoms with Crippen LogP contribution in [0.2, 0.25) is 0 Å². The van der Waals surface area contributed by atoms with Crippen LogP contribution in [0.5, 0.6) is 0 Å². The predicted octanol–water partition coefficient (Wildman–Crippen LogP) is 1.71. The first-order valence-corrected chi connectivity index (χ1v) is 9.44. The SMILES string of the molecule is N#Cc1cnc(-c2ccc(CC(C#N)NC(=O)C3NC4CCC3C4)cc2)cn1. The highest BCUT2D eigenvalue weighted by molar-refractivity contribution is 5.83. The van der Waals surface area contributed by atoms with Crippen molar-refractivity contribution in [3.63, 3.8) is 0 Å². The van der Waals surface area contributed by atoms with Gasteiger partial charge in [0.2, 0.25) is 5.91 Å². The molecule has 7 nitrogen and oxygen atoms in total. The molecule has 0 radical (unpaired) electrons. The molecule has 7 heteroatoms. The number of piperidine rings is 1. The molecule has 0 spiro atoms. The van der Waals surface area contributed by atoms with E-state index in [4.69, 9.17) is 5.26 Å². The molecule has 1 aliphatic carbocycles. The van der Waals surface area contributed by atoms with Crippen molar-refractivity contribution in [1.29, 1.82) is 10.5 Å². The van der Waals surface area contributed by atoms with Gasteiger partial charge in [-0.3, -0.25) is 9.78 Å². The van der Waals surface area contributed by atoms with Gasteiger partial charge in [0.05, 0.1) is 30.2 Å². The van der Waals surface area contributed by atoms with Crippen molar-refractivity contribution in [2.45, 2.75) is 43.8 Å². The second-order valence-electron chi connectivity index (χ2n) is 7.40. The fourth-order valence-corrected chi connectivity index (χ4v) is 4.12. The van der Waals surface area contributed by atoms with E-state index in [9.17, 15) is 10.1 Å². The number of hydrogen-bond donors (Lipinski definition) is 2. The number of amides is 1. The Labute approximate surface area is 163 Å². The summed E-state index contributed by atoms with van der Waals surface area (Å²) in [4.78, 5) is 20.8. The lowest BCUT2D eigenvalue weighted by Gasteiger charge is -2.23. The molecule has 2 bridgehead atoms. The third kappa shape index (κ3) is 3.71. The standard InChI is InChI=1S/C21H20N6O/c22-9-17(27-21(28)20-15-5-6-16(8-15)26-20)7-13-1-3-14(4-2-13)19-12-24-18(10-23)11-25-19/h1-4,11-12,15-17,20,26H,5-8H2,(H,27,28). The summed E-state index contributed by atoms with van der Waals surface area (Å²) >= 11 is 0. The number of nitriles is 2. The van der Waals surface area contributed by atoms with E-state index in [1.165, 1.54) is 6.20 Å². The first-order valence-electron chi connectivity index (χ1n) is 9.44. The van der Waals surface area contributed by atoms with Gasteiger partial charge in [-0.25, -0.2) is 4.98 Å². The minimum atomic E-state index is -0.561. The van der Waals surface area contributed by atoms with E-state index in [2.05, 4.69) is 26.7 Å². The topological polar surface area (TPSA) is 114 Å². The maximum atomic E-state index is 12.5. The van der Waals surface area contributed by atoms with E-state index in [0.717, 1.165) is 30.4 Å². The fraction of sp³-hybridized carbons (Fsp3) is 0.381. The van der Waals surface area contributed by atoms with Crippen molar-refractivity contribution in [3.05, 3.63) is 47.9 Å². The molecule has 1 aromatic heterocycles. The number of aromatic nitrogens is 2. The summed E-state index contributed by atoms with van der Waals surface area (Å²) in [6, 6.07) is 11.5. The van der Waals surface area contributed by atoms with Crippen LogP contribution in [0.1, 0.15) is 30.5 Å². The minimum Gasteiger partial charge on any atom is -0.339 e. The van der Waals surface area contributed by atoms with Gasteiger partial charge in [-0.2, -0.15) is 10.5 Å². The van der Waals surface area contributed by atoms with E-state index in [-0.39, 0.29) is 17.6 Å². The van der Waals surface area contributed by atoms with E-state index in [1.54, 1.807) is 6.20 Å². The summed E-state index contributed by atoms with van der Waals surface area (Å²) in [5.41, 5.74) is 2.79. The summed E-state index contributed by atoms with van der Waals surface area (Å²) in [7, 11) is 0. The van der Waals surface area contributed by atoms with Gasteiger partial charge in [-0.05, 0) is 30.7 Å². The average molecular weight is 372 g/mol. The van der Waals surface area contributed by atoms with Crippen molar-refractivity contribution in [2.24, 2.45) is 5.92 Å². The molecule has 28 heavy (non-hydrogen) atoms. The number of fused-ring (bicyclic) bond motifs is 2. The number of carbonyl (C=O) groups is 1. The van der Waals surface area contributed by atoms with Crippen LogP contribution in [0, 0.1) is 28.6 Å². The van der Waals surface area contributed by atoms with Crippen LogP contribution in [-0.4, -0.2) is 34.0 Å². The highest BCUT2D eigenvalue weighted by atomic mass is 16.2. The van der Waals surface area contributed by atoms with Crippen LogP contribution in [0.3, 0.4) is 0 Å². The van der Waals surface area contributed by atoms with Gasteiger partial charge < -0.3 is 10.6 Å². The Bertz CT molecular complexity index is 941. The molecule has 2 aromatic rings. The lowest BCUT2D eigenvalue weighted by molar-refractivity contribution is -0.124. The second-order valence-corrected chi connectivity index (χ2v) is 7.40. The van der Waals surface area contributed by atoms with Crippen LogP contribution in [0.25, 0.3) is 11.3 Å². The van der Waals surface area contributed by atoms with Crippen molar-refractivity contribution in [2.75, 3.05) is 0 Å². The zero-order valence-electron chi connectivity index (χ0n) is 15.3. The molecule has 140 valence electrons. The van der Waals surface area contributed by atoms with Crippen molar-refractivity contribution in [1.82, 2.24) is 20.6 Å². The minimum absolute atomic E-state index is 0.0665. The molecule has 1 saturated carbocycles. The fourth-order valence-electron chi connectivity index (χ4n) is 4.12. The number of rotatable bonds is 5. The third-order valence-corrected chi connectivity index (χ3v) is 5.57. The van der Waals surface area contributed by atoms with Crippen LogP contribution >= 0.6 is 0 Å². The molecular formula is C21H20N6O. The maximum absolute atomic E-state index is 12.5. The molecular weight excluding hydrogens is 352 g/mol. The first-order chi connectivity index (χ1) is 13.7. The summed E-state index contributed by atoms with van der Waals surface area (Å²) in [5, 5.41) is 24.5. The molecule has 4 rings (SSSR count). The van der Waals surface area contributed by atoms with Crippen molar-refractivity contribution < 1.29 is 4.79 Å².